The second-order valence-electron chi connectivity index (χ2n) is 6.45. The molecule has 0 aliphatic carbocycles. The Kier molecular flexibility index (Phi) is 6.71. The van der Waals surface area contributed by atoms with Crippen LogP contribution < -0.4 is 10.1 Å². The van der Waals surface area contributed by atoms with E-state index in [9.17, 15) is 4.79 Å². The van der Waals surface area contributed by atoms with Crippen LogP contribution in [0, 0.1) is 0 Å². The lowest BCUT2D eigenvalue weighted by Gasteiger charge is -2.12. The predicted molar refractivity (Wildman–Crippen MR) is 110 cm³/mol. The van der Waals surface area contributed by atoms with Gasteiger partial charge in [-0.25, -0.2) is 0 Å². The number of benzene rings is 2. The zero-order valence-corrected chi connectivity index (χ0v) is 17.1. The third kappa shape index (κ3) is 5.13. The van der Waals surface area contributed by atoms with Crippen LogP contribution in [-0.2, 0) is 24.8 Å². The average molecular weight is 397 g/mol. The van der Waals surface area contributed by atoms with Crippen molar-refractivity contribution in [3.8, 4) is 5.75 Å². The van der Waals surface area contributed by atoms with Gasteiger partial charge in [-0.3, -0.25) is 4.79 Å². The first-order valence-corrected chi connectivity index (χ1v) is 9.94. The Morgan fingerprint density at radius 2 is 1.82 bits per heavy atom. The highest BCUT2D eigenvalue weighted by Gasteiger charge is 2.18. The van der Waals surface area contributed by atoms with Gasteiger partial charge in [0, 0.05) is 20.0 Å². The molecule has 0 aliphatic heterocycles. The van der Waals surface area contributed by atoms with Gasteiger partial charge in [-0.05, 0) is 30.2 Å². The van der Waals surface area contributed by atoms with E-state index in [1.807, 2.05) is 61.0 Å². The molecule has 0 unspecified atom stereocenters. The molecule has 7 heteroatoms. The van der Waals surface area contributed by atoms with Gasteiger partial charge >= 0.3 is 0 Å². The number of rotatable bonds is 8. The maximum absolute atomic E-state index is 12.4. The Bertz CT molecular complexity index is 910. The minimum atomic E-state index is -0.272. The second kappa shape index (κ2) is 9.41. The van der Waals surface area contributed by atoms with Crippen molar-refractivity contribution in [2.75, 3.05) is 7.11 Å². The van der Waals surface area contributed by atoms with Crippen LogP contribution >= 0.6 is 11.8 Å². The first kappa shape index (κ1) is 19.9. The molecule has 6 nitrogen and oxygen atoms in total. The van der Waals surface area contributed by atoms with Gasteiger partial charge in [-0.1, -0.05) is 54.2 Å². The first-order valence-electron chi connectivity index (χ1n) is 9.06. The molecule has 3 aromatic rings. The fourth-order valence-corrected chi connectivity index (χ4v) is 3.53. The van der Waals surface area contributed by atoms with Crippen molar-refractivity contribution in [2.45, 2.75) is 30.3 Å². The van der Waals surface area contributed by atoms with Crippen LogP contribution in [0.15, 0.2) is 59.8 Å². The number of nitrogens with one attached hydrogen (secondary N) is 1. The number of nitrogens with zero attached hydrogens (tertiary/aromatic N) is 3. The molecule has 0 bridgehead atoms. The Morgan fingerprint density at radius 3 is 2.50 bits per heavy atom. The number of methoxy groups -OCH3 is 1. The molecule has 0 radical (unpaired) electrons. The summed E-state index contributed by atoms with van der Waals surface area (Å²) >= 11 is 1.41. The van der Waals surface area contributed by atoms with Crippen molar-refractivity contribution in [1.82, 2.24) is 20.1 Å². The van der Waals surface area contributed by atoms with E-state index in [2.05, 4.69) is 27.6 Å². The van der Waals surface area contributed by atoms with Gasteiger partial charge in [-0.15, -0.1) is 10.2 Å². The van der Waals surface area contributed by atoms with Gasteiger partial charge in [0.2, 0.25) is 5.91 Å². The maximum atomic E-state index is 12.4. The predicted octanol–water partition coefficient (Wildman–Crippen LogP) is 3.21. The number of carbonyl (C=O) groups excluding carboxylic acids is 1. The average Bonchev–Trinajstić information content (AvgIpc) is 3.06. The van der Waals surface area contributed by atoms with E-state index in [0.29, 0.717) is 13.0 Å². The molecule has 0 fully saturated rings. The lowest BCUT2D eigenvalue weighted by atomic mass is 10.1. The molecule has 2 aromatic carbocycles. The molecule has 0 saturated carbocycles. The summed E-state index contributed by atoms with van der Waals surface area (Å²) in [4.78, 5) is 12.4. The number of ether oxygens (including phenoxy) is 1. The number of aromatic nitrogens is 3. The third-order valence-corrected chi connectivity index (χ3v) is 5.54. The molecule has 1 aromatic heterocycles. The number of carbonyl (C=O) groups is 1. The van der Waals surface area contributed by atoms with Crippen molar-refractivity contribution in [2.24, 2.45) is 7.05 Å². The maximum Gasteiger partial charge on any atom is 0.233 e. The van der Waals surface area contributed by atoms with Crippen molar-refractivity contribution >= 4 is 17.7 Å². The third-order valence-electron chi connectivity index (χ3n) is 4.41. The van der Waals surface area contributed by atoms with Crippen molar-refractivity contribution < 1.29 is 9.53 Å². The topological polar surface area (TPSA) is 69.0 Å². The Hall–Kier alpha value is -2.80. The summed E-state index contributed by atoms with van der Waals surface area (Å²) in [6.45, 7) is 2.35. The lowest BCUT2D eigenvalue weighted by molar-refractivity contribution is -0.120. The van der Waals surface area contributed by atoms with E-state index in [1.165, 1.54) is 17.3 Å². The molecule has 0 saturated heterocycles. The number of hydrogen-bond acceptors (Lipinski definition) is 5. The molecule has 1 amide bonds. The highest BCUT2D eigenvalue weighted by Crippen LogP contribution is 2.22. The Morgan fingerprint density at radius 1 is 1.11 bits per heavy atom. The van der Waals surface area contributed by atoms with Gasteiger partial charge in [0.25, 0.3) is 0 Å². The molecule has 0 aliphatic rings. The van der Waals surface area contributed by atoms with Gasteiger partial charge < -0.3 is 14.6 Å². The summed E-state index contributed by atoms with van der Waals surface area (Å²) in [5.41, 5.74) is 2.20. The van der Waals surface area contributed by atoms with Crippen molar-refractivity contribution in [1.29, 1.82) is 0 Å². The summed E-state index contributed by atoms with van der Waals surface area (Å²) in [5.74, 6) is 1.64. The zero-order valence-electron chi connectivity index (χ0n) is 16.3. The molecular formula is C21H24N4O2S. The van der Waals surface area contributed by atoms with Gasteiger partial charge in [0.1, 0.15) is 11.6 Å². The molecule has 1 atom stereocenters. The molecule has 146 valence electrons. The van der Waals surface area contributed by atoms with E-state index in [1.54, 1.807) is 7.11 Å². The van der Waals surface area contributed by atoms with E-state index >= 15 is 0 Å². The van der Waals surface area contributed by atoms with Crippen LogP contribution in [0.4, 0.5) is 0 Å². The van der Waals surface area contributed by atoms with Gasteiger partial charge in [0.05, 0.1) is 12.4 Å². The van der Waals surface area contributed by atoms with Crippen LogP contribution in [0.25, 0.3) is 0 Å². The fraction of sp³-hybridized carbons (Fsp3) is 0.286. The minimum Gasteiger partial charge on any atom is -0.497 e. The Labute approximate surface area is 169 Å². The summed E-state index contributed by atoms with van der Waals surface area (Å²) in [6, 6.07) is 17.8. The second-order valence-corrected chi connectivity index (χ2v) is 7.75. The lowest BCUT2D eigenvalue weighted by Crippen LogP contribution is -2.30. The van der Waals surface area contributed by atoms with Crippen LogP contribution in [-0.4, -0.2) is 33.0 Å². The quantitative estimate of drug-likeness (QED) is 0.592. The zero-order chi connectivity index (χ0) is 19.9. The standard InChI is InChI=1S/C21H24N4O2S/c1-15(20(26)22-14-17-9-11-18(27-3)12-10-17)28-21-24-23-19(25(21)2)13-16-7-5-4-6-8-16/h4-12,15H,13-14H2,1-3H3,(H,22,26)/t15-/m1/s1. The highest BCUT2D eigenvalue weighted by atomic mass is 32.2. The molecule has 0 spiro atoms. The first-order chi connectivity index (χ1) is 13.6. The van der Waals surface area contributed by atoms with Crippen LogP contribution in [0.1, 0.15) is 23.9 Å². The molecule has 3 rings (SSSR count). The van der Waals surface area contributed by atoms with Crippen LogP contribution in [0.2, 0.25) is 0 Å². The van der Waals surface area contributed by atoms with E-state index in [-0.39, 0.29) is 11.2 Å². The van der Waals surface area contributed by atoms with E-state index < -0.39 is 0 Å². The van der Waals surface area contributed by atoms with E-state index in [0.717, 1.165) is 22.3 Å². The normalized spacial score (nSPS) is 11.8. The highest BCUT2D eigenvalue weighted by molar-refractivity contribution is 8.00. The van der Waals surface area contributed by atoms with Crippen molar-refractivity contribution in [3.05, 3.63) is 71.5 Å². The summed E-state index contributed by atoms with van der Waals surface area (Å²) in [6.07, 6.45) is 0.711. The molecule has 1 N–H and O–H groups in total. The monoisotopic (exact) mass is 396 g/mol. The van der Waals surface area contributed by atoms with Crippen LogP contribution in [0.5, 0.6) is 5.75 Å². The molecule has 1 heterocycles. The van der Waals surface area contributed by atoms with Crippen molar-refractivity contribution in [3.63, 3.8) is 0 Å². The Balaban J connectivity index is 1.54. The summed E-state index contributed by atoms with van der Waals surface area (Å²) in [5, 5.41) is 12.0. The van der Waals surface area contributed by atoms with E-state index in [4.69, 9.17) is 4.74 Å². The number of thioether (sulfide) groups is 1. The summed E-state index contributed by atoms with van der Waals surface area (Å²) < 4.78 is 7.09. The van der Waals surface area contributed by atoms with Gasteiger partial charge in [0.15, 0.2) is 5.16 Å². The van der Waals surface area contributed by atoms with Gasteiger partial charge in [-0.2, -0.15) is 0 Å². The smallest absolute Gasteiger partial charge is 0.233 e. The number of amides is 1. The largest absolute Gasteiger partial charge is 0.497 e. The fourth-order valence-electron chi connectivity index (χ4n) is 2.67. The summed E-state index contributed by atoms with van der Waals surface area (Å²) in [7, 11) is 3.57. The number of hydrogen-bond donors (Lipinski definition) is 1. The van der Waals surface area contributed by atoms with Crippen LogP contribution in [0.3, 0.4) is 0 Å². The molecule has 28 heavy (non-hydrogen) atoms. The molecular weight excluding hydrogens is 372 g/mol. The SMILES string of the molecule is COc1ccc(CNC(=O)[C@@H](C)Sc2nnc(Cc3ccccc3)n2C)cc1. The minimum absolute atomic E-state index is 0.0339.